The lowest BCUT2D eigenvalue weighted by Crippen LogP contribution is -2.07. The Morgan fingerprint density at radius 2 is 2.10 bits per heavy atom. The number of fused-ring (bicyclic) bond motifs is 1. The quantitative estimate of drug-likeness (QED) is 0.644. The van der Waals surface area contributed by atoms with Crippen molar-refractivity contribution in [2.75, 3.05) is 13.2 Å². The summed E-state index contributed by atoms with van der Waals surface area (Å²) >= 11 is 5.15. The van der Waals surface area contributed by atoms with Crippen molar-refractivity contribution in [3.05, 3.63) is 28.5 Å². The van der Waals surface area contributed by atoms with Crippen LogP contribution >= 0.6 is 12.2 Å². The summed E-state index contributed by atoms with van der Waals surface area (Å²) in [4.78, 5) is 2.88. The minimum Gasteiger partial charge on any atom is -0.381 e. The molecular formula is C14H18F2N2OS. The van der Waals surface area contributed by atoms with Gasteiger partial charge in [0.25, 0.3) is 0 Å². The largest absolute Gasteiger partial charge is 0.381 e. The number of nitrogens with zero attached hydrogens (tertiary/aromatic N) is 1. The first kappa shape index (κ1) is 15.1. The number of ether oxygens (including phenoxy) is 1. The Morgan fingerprint density at radius 1 is 1.35 bits per heavy atom. The van der Waals surface area contributed by atoms with E-state index < -0.39 is 11.6 Å². The lowest BCUT2D eigenvalue weighted by molar-refractivity contribution is 0.105. The molecule has 110 valence electrons. The number of benzene rings is 1. The van der Waals surface area contributed by atoms with Crippen LogP contribution in [0.2, 0.25) is 0 Å². The third-order valence-electron chi connectivity index (χ3n) is 2.95. The van der Waals surface area contributed by atoms with Crippen LogP contribution in [-0.4, -0.2) is 22.8 Å². The van der Waals surface area contributed by atoms with E-state index in [1.54, 1.807) is 4.57 Å². The smallest absolute Gasteiger partial charge is 0.184 e. The zero-order valence-electron chi connectivity index (χ0n) is 11.6. The molecule has 0 unspecified atom stereocenters. The van der Waals surface area contributed by atoms with Gasteiger partial charge in [-0.25, -0.2) is 8.78 Å². The summed E-state index contributed by atoms with van der Waals surface area (Å²) in [6, 6.07) is 2.59. The number of hydrogen-bond acceptors (Lipinski definition) is 2. The summed E-state index contributed by atoms with van der Waals surface area (Å²) < 4.78 is 34.6. The molecule has 3 nitrogen and oxygen atoms in total. The Hall–Kier alpha value is -1.27. The Kier molecular flexibility index (Phi) is 4.88. The average molecular weight is 300 g/mol. The summed E-state index contributed by atoms with van der Waals surface area (Å²) in [5, 5.41) is 0. The molecule has 6 heteroatoms. The van der Waals surface area contributed by atoms with Gasteiger partial charge in [0.15, 0.2) is 16.4 Å². The van der Waals surface area contributed by atoms with Crippen molar-refractivity contribution >= 4 is 23.3 Å². The zero-order chi connectivity index (χ0) is 14.7. The van der Waals surface area contributed by atoms with Gasteiger partial charge in [-0.3, -0.25) is 0 Å². The number of aryl methyl sites for hydroxylation is 1. The van der Waals surface area contributed by atoms with Gasteiger partial charge >= 0.3 is 0 Å². The highest BCUT2D eigenvalue weighted by Gasteiger charge is 2.13. The highest BCUT2D eigenvalue weighted by molar-refractivity contribution is 7.71. The Balaban J connectivity index is 2.12. The summed E-state index contributed by atoms with van der Waals surface area (Å²) in [5.41, 5.74) is 0.704. The van der Waals surface area contributed by atoms with Gasteiger partial charge in [-0.05, 0) is 36.7 Å². The predicted octanol–water partition coefficient (Wildman–Crippen LogP) is 4.04. The molecule has 0 saturated heterocycles. The number of rotatable bonds is 6. The number of imidazole rings is 1. The molecule has 0 aliphatic rings. The first-order chi connectivity index (χ1) is 9.50. The van der Waals surface area contributed by atoms with E-state index in [0.717, 1.165) is 6.07 Å². The summed E-state index contributed by atoms with van der Waals surface area (Å²) in [6.45, 7) is 5.92. The molecule has 1 aromatic heterocycles. The maximum absolute atomic E-state index is 13.9. The van der Waals surface area contributed by atoms with Gasteiger partial charge in [0.1, 0.15) is 5.52 Å². The second-order valence-electron chi connectivity index (χ2n) is 5.16. The van der Waals surface area contributed by atoms with Gasteiger partial charge in [-0.1, -0.05) is 13.8 Å². The summed E-state index contributed by atoms with van der Waals surface area (Å²) in [7, 11) is 0. The molecule has 0 atom stereocenters. The maximum atomic E-state index is 13.9. The van der Waals surface area contributed by atoms with E-state index in [-0.39, 0.29) is 5.52 Å². The van der Waals surface area contributed by atoms with E-state index in [9.17, 15) is 8.78 Å². The lowest BCUT2D eigenvalue weighted by atomic mass is 10.2. The molecule has 0 saturated carbocycles. The van der Waals surface area contributed by atoms with Crippen LogP contribution in [0, 0.1) is 22.3 Å². The van der Waals surface area contributed by atoms with Crippen LogP contribution in [0.1, 0.15) is 20.3 Å². The fourth-order valence-corrected chi connectivity index (χ4v) is 2.34. The SMILES string of the molecule is CC(C)COCCCn1c(=S)[nH]c2ccc(F)c(F)c21. The van der Waals surface area contributed by atoms with Crippen molar-refractivity contribution in [3.63, 3.8) is 0 Å². The number of hydrogen-bond donors (Lipinski definition) is 1. The minimum absolute atomic E-state index is 0.193. The molecule has 1 N–H and O–H groups in total. The number of aromatic amines is 1. The molecule has 0 fully saturated rings. The van der Waals surface area contributed by atoms with Crippen molar-refractivity contribution in [2.45, 2.75) is 26.8 Å². The van der Waals surface area contributed by atoms with Gasteiger partial charge in [0.2, 0.25) is 0 Å². The molecule has 2 aromatic rings. The monoisotopic (exact) mass is 300 g/mol. The van der Waals surface area contributed by atoms with E-state index >= 15 is 0 Å². The second kappa shape index (κ2) is 6.45. The molecule has 2 rings (SSSR count). The average Bonchev–Trinajstić information content (AvgIpc) is 2.70. The molecule has 1 heterocycles. The third-order valence-corrected chi connectivity index (χ3v) is 3.27. The number of halogens is 2. The molecule has 0 spiro atoms. The topological polar surface area (TPSA) is 29.9 Å². The van der Waals surface area contributed by atoms with Crippen LogP contribution in [0.25, 0.3) is 11.0 Å². The van der Waals surface area contributed by atoms with E-state index in [0.29, 0.717) is 42.4 Å². The maximum Gasteiger partial charge on any atom is 0.184 e. The molecule has 0 radical (unpaired) electrons. The number of nitrogens with one attached hydrogen (secondary N) is 1. The van der Waals surface area contributed by atoms with Crippen LogP contribution < -0.4 is 0 Å². The summed E-state index contributed by atoms with van der Waals surface area (Å²) in [5.74, 6) is -1.24. The standard InChI is InChI=1S/C14H18F2N2OS/c1-9(2)8-19-7-3-6-18-13-11(17-14(18)20)5-4-10(15)12(13)16/h4-5,9H,3,6-8H2,1-2H3,(H,17,20). The van der Waals surface area contributed by atoms with E-state index in [2.05, 4.69) is 18.8 Å². The molecule has 0 amide bonds. The fourth-order valence-electron chi connectivity index (χ4n) is 2.05. The third kappa shape index (κ3) is 3.24. The van der Waals surface area contributed by atoms with Crippen LogP contribution in [0.4, 0.5) is 8.78 Å². The van der Waals surface area contributed by atoms with Crippen molar-refractivity contribution < 1.29 is 13.5 Å². The normalized spacial score (nSPS) is 11.7. The molecule has 0 aliphatic heterocycles. The Labute approximate surface area is 121 Å². The van der Waals surface area contributed by atoms with Gasteiger partial charge in [0, 0.05) is 19.8 Å². The number of H-pyrrole nitrogens is 1. The Bertz CT molecular complexity index is 648. The minimum atomic E-state index is -0.865. The molecule has 0 bridgehead atoms. The Morgan fingerprint density at radius 3 is 2.80 bits per heavy atom. The second-order valence-corrected chi connectivity index (χ2v) is 5.55. The van der Waals surface area contributed by atoms with Crippen molar-refractivity contribution in [2.24, 2.45) is 5.92 Å². The van der Waals surface area contributed by atoms with Crippen LogP contribution in [-0.2, 0) is 11.3 Å². The first-order valence-corrected chi connectivity index (χ1v) is 7.05. The summed E-state index contributed by atoms with van der Waals surface area (Å²) in [6.07, 6.45) is 0.698. The highest BCUT2D eigenvalue weighted by atomic mass is 32.1. The molecule has 20 heavy (non-hydrogen) atoms. The molecular weight excluding hydrogens is 282 g/mol. The van der Waals surface area contributed by atoms with Crippen molar-refractivity contribution in [1.29, 1.82) is 0 Å². The molecule has 1 aromatic carbocycles. The first-order valence-electron chi connectivity index (χ1n) is 6.65. The zero-order valence-corrected chi connectivity index (χ0v) is 12.4. The highest BCUT2D eigenvalue weighted by Crippen LogP contribution is 2.20. The van der Waals surface area contributed by atoms with Crippen molar-refractivity contribution in [3.8, 4) is 0 Å². The molecule has 0 aliphatic carbocycles. The fraction of sp³-hybridized carbons (Fsp3) is 0.500. The van der Waals surface area contributed by atoms with Crippen LogP contribution in [0.5, 0.6) is 0 Å². The van der Waals surface area contributed by atoms with E-state index in [4.69, 9.17) is 17.0 Å². The van der Waals surface area contributed by atoms with Gasteiger partial charge in [-0.15, -0.1) is 0 Å². The van der Waals surface area contributed by atoms with Crippen LogP contribution in [0.15, 0.2) is 12.1 Å². The van der Waals surface area contributed by atoms with Gasteiger partial charge < -0.3 is 14.3 Å². The van der Waals surface area contributed by atoms with E-state index in [1.807, 2.05) is 0 Å². The van der Waals surface area contributed by atoms with Crippen LogP contribution in [0.3, 0.4) is 0 Å². The van der Waals surface area contributed by atoms with Crippen molar-refractivity contribution in [1.82, 2.24) is 9.55 Å². The van der Waals surface area contributed by atoms with E-state index in [1.165, 1.54) is 6.07 Å². The van der Waals surface area contributed by atoms with Gasteiger partial charge in [0.05, 0.1) is 5.52 Å². The lowest BCUT2D eigenvalue weighted by Gasteiger charge is -2.08. The predicted molar refractivity (Wildman–Crippen MR) is 77.3 cm³/mol. The van der Waals surface area contributed by atoms with Gasteiger partial charge in [-0.2, -0.15) is 0 Å². The number of aromatic nitrogens is 2.